The molecule has 0 saturated carbocycles. The molecule has 1 heterocycles. The SMILES string of the molecule is CCC(C)OC(=O)C1=C(C)NC2=C(C(=O)CC(c3ccc(OC)c(OC)c3)C2)C1c1cccc([N+](=O)[O-])c1. The quantitative estimate of drug-likeness (QED) is 0.283. The number of esters is 1. The Labute approximate surface area is 221 Å². The molecule has 3 unspecified atom stereocenters. The van der Waals surface area contributed by atoms with Crippen molar-refractivity contribution in [3.63, 3.8) is 0 Å². The fourth-order valence-electron chi connectivity index (χ4n) is 5.13. The molecule has 200 valence electrons. The Morgan fingerprint density at radius 2 is 1.84 bits per heavy atom. The van der Waals surface area contributed by atoms with Crippen molar-refractivity contribution in [1.82, 2.24) is 5.32 Å². The second-order valence-electron chi connectivity index (χ2n) is 9.61. The number of hydrogen-bond acceptors (Lipinski definition) is 8. The van der Waals surface area contributed by atoms with Gasteiger partial charge in [-0.15, -0.1) is 0 Å². The van der Waals surface area contributed by atoms with Crippen molar-refractivity contribution in [3.05, 3.63) is 86.2 Å². The molecule has 0 bridgehead atoms. The highest BCUT2D eigenvalue weighted by Crippen LogP contribution is 2.47. The van der Waals surface area contributed by atoms with E-state index in [9.17, 15) is 19.7 Å². The second kappa shape index (κ2) is 11.1. The van der Waals surface area contributed by atoms with Gasteiger partial charge < -0.3 is 19.5 Å². The number of hydrogen-bond donors (Lipinski definition) is 1. The number of rotatable bonds is 8. The predicted molar refractivity (Wildman–Crippen MR) is 141 cm³/mol. The Morgan fingerprint density at radius 1 is 1.11 bits per heavy atom. The zero-order valence-corrected chi connectivity index (χ0v) is 22.2. The summed E-state index contributed by atoms with van der Waals surface area (Å²) in [4.78, 5) is 38.2. The average Bonchev–Trinajstić information content (AvgIpc) is 2.91. The highest BCUT2D eigenvalue weighted by atomic mass is 16.6. The van der Waals surface area contributed by atoms with Crippen LogP contribution in [0.2, 0.25) is 0 Å². The van der Waals surface area contributed by atoms with Crippen LogP contribution in [-0.2, 0) is 14.3 Å². The molecule has 0 amide bonds. The molecular weight excluding hydrogens is 488 g/mol. The number of non-ortho nitro benzene ring substituents is 1. The molecule has 2 aliphatic rings. The number of Topliss-reactive ketones (excluding diaryl/α,β-unsaturated/α-hetero) is 1. The second-order valence-corrected chi connectivity index (χ2v) is 9.61. The normalized spacial score (nSPS) is 19.9. The number of nitro benzene ring substituents is 1. The lowest BCUT2D eigenvalue weighted by Gasteiger charge is -2.37. The minimum Gasteiger partial charge on any atom is -0.493 e. The molecule has 38 heavy (non-hydrogen) atoms. The van der Waals surface area contributed by atoms with Crippen LogP contribution in [0.15, 0.2) is 65.0 Å². The summed E-state index contributed by atoms with van der Waals surface area (Å²) in [5.74, 6) is -0.390. The fourth-order valence-corrected chi connectivity index (χ4v) is 5.13. The van der Waals surface area contributed by atoms with Crippen molar-refractivity contribution >= 4 is 17.4 Å². The van der Waals surface area contributed by atoms with E-state index in [2.05, 4.69) is 5.32 Å². The minimum atomic E-state index is -0.776. The monoisotopic (exact) mass is 520 g/mol. The van der Waals surface area contributed by atoms with E-state index in [4.69, 9.17) is 14.2 Å². The van der Waals surface area contributed by atoms with Gasteiger partial charge in [-0.1, -0.05) is 25.1 Å². The maximum atomic E-state index is 13.8. The number of ether oxygens (including phenoxy) is 3. The first-order valence-corrected chi connectivity index (χ1v) is 12.6. The molecular formula is C29H32N2O7. The van der Waals surface area contributed by atoms with Crippen molar-refractivity contribution in [2.45, 2.75) is 58.0 Å². The molecule has 9 nitrogen and oxygen atoms in total. The third-order valence-corrected chi connectivity index (χ3v) is 7.22. The van der Waals surface area contributed by atoms with Crippen LogP contribution >= 0.6 is 0 Å². The zero-order chi connectivity index (χ0) is 27.6. The summed E-state index contributed by atoms with van der Waals surface area (Å²) >= 11 is 0. The molecule has 2 aromatic carbocycles. The third kappa shape index (κ3) is 5.14. The molecule has 3 atom stereocenters. The molecule has 0 spiro atoms. The van der Waals surface area contributed by atoms with Crippen molar-refractivity contribution in [1.29, 1.82) is 0 Å². The number of allylic oxidation sites excluding steroid dienone is 3. The first-order valence-electron chi connectivity index (χ1n) is 12.6. The molecule has 0 aromatic heterocycles. The first kappa shape index (κ1) is 26.9. The van der Waals surface area contributed by atoms with Gasteiger partial charge in [-0.3, -0.25) is 14.9 Å². The van der Waals surface area contributed by atoms with Gasteiger partial charge in [0.25, 0.3) is 5.69 Å². The van der Waals surface area contributed by atoms with Crippen molar-refractivity contribution < 1.29 is 28.7 Å². The molecule has 2 aromatic rings. The number of carbonyl (C=O) groups excluding carboxylic acids is 2. The van der Waals surface area contributed by atoms with Crippen LogP contribution in [0.1, 0.15) is 63.0 Å². The van der Waals surface area contributed by atoms with Gasteiger partial charge in [0.1, 0.15) is 0 Å². The van der Waals surface area contributed by atoms with Gasteiger partial charge in [0.2, 0.25) is 0 Å². The number of benzene rings is 2. The van der Waals surface area contributed by atoms with E-state index in [0.29, 0.717) is 52.4 Å². The smallest absolute Gasteiger partial charge is 0.337 e. The van der Waals surface area contributed by atoms with Gasteiger partial charge >= 0.3 is 5.97 Å². The molecule has 0 radical (unpaired) electrons. The number of ketones is 1. The maximum absolute atomic E-state index is 13.8. The third-order valence-electron chi connectivity index (χ3n) is 7.22. The Balaban J connectivity index is 1.80. The number of dihydropyridines is 1. The van der Waals surface area contributed by atoms with Crippen LogP contribution < -0.4 is 14.8 Å². The van der Waals surface area contributed by atoms with Gasteiger partial charge in [0, 0.05) is 41.4 Å². The summed E-state index contributed by atoms with van der Waals surface area (Å²) in [7, 11) is 3.13. The van der Waals surface area contributed by atoms with Gasteiger partial charge in [-0.25, -0.2) is 4.79 Å². The van der Waals surface area contributed by atoms with Crippen LogP contribution in [0.3, 0.4) is 0 Å². The summed E-state index contributed by atoms with van der Waals surface area (Å²) in [5, 5.41) is 14.8. The van der Waals surface area contributed by atoms with Gasteiger partial charge in [0.05, 0.1) is 30.8 Å². The number of nitrogens with one attached hydrogen (secondary N) is 1. The van der Waals surface area contributed by atoms with Gasteiger partial charge in [-0.2, -0.15) is 0 Å². The summed E-state index contributed by atoms with van der Waals surface area (Å²) in [6.07, 6.45) is 1.05. The highest BCUT2D eigenvalue weighted by Gasteiger charge is 2.42. The van der Waals surface area contributed by atoms with Crippen LogP contribution in [0, 0.1) is 10.1 Å². The molecule has 4 rings (SSSR count). The van der Waals surface area contributed by atoms with Gasteiger partial charge in [-0.05, 0) is 55.9 Å². The number of carbonyl (C=O) groups is 2. The van der Waals surface area contributed by atoms with Crippen molar-refractivity contribution in [2.24, 2.45) is 0 Å². The van der Waals surface area contributed by atoms with Crippen LogP contribution in [0.25, 0.3) is 0 Å². The Hall–Kier alpha value is -4.14. The fraction of sp³-hybridized carbons (Fsp3) is 0.379. The highest BCUT2D eigenvalue weighted by molar-refractivity contribution is 6.04. The van der Waals surface area contributed by atoms with E-state index in [1.54, 1.807) is 40.2 Å². The number of nitrogens with zero attached hydrogens (tertiary/aromatic N) is 1. The van der Waals surface area contributed by atoms with E-state index in [0.717, 1.165) is 5.56 Å². The standard InChI is InChI=1S/C29H32N2O7/c1-6-16(2)38-29(33)26-17(3)30-22-13-20(18-10-11-24(36-4)25(15-18)37-5)14-23(32)28(22)27(26)19-8-7-9-21(12-19)31(34)35/h7-12,15-16,20,27,30H,6,13-14H2,1-5H3. The molecule has 1 N–H and O–H groups in total. The van der Waals surface area contributed by atoms with Crippen molar-refractivity contribution in [3.8, 4) is 11.5 Å². The summed E-state index contributed by atoms with van der Waals surface area (Å²) in [5.41, 5.74) is 3.33. The van der Waals surface area contributed by atoms with E-state index in [-0.39, 0.29) is 29.9 Å². The van der Waals surface area contributed by atoms with E-state index >= 15 is 0 Å². The Morgan fingerprint density at radius 3 is 2.50 bits per heavy atom. The van der Waals surface area contributed by atoms with Crippen molar-refractivity contribution in [2.75, 3.05) is 14.2 Å². The summed E-state index contributed by atoms with van der Waals surface area (Å²) in [6, 6.07) is 11.7. The number of nitro groups is 1. The Kier molecular flexibility index (Phi) is 7.85. The molecule has 1 aliphatic carbocycles. The zero-order valence-electron chi connectivity index (χ0n) is 22.2. The Bertz CT molecular complexity index is 1340. The molecule has 0 fully saturated rings. The lowest BCUT2D eigenvalue weighted by molar-refractivity contribution is -0.384. The van der Waals surface area contributed by atoms with Gasteiger partial charge in [0.15, 0.2) is 17.3 Å². The summed E-state index contributed by atoms with van der Waals surface area (Å²) in [6.45, 7) is 5.48. The largest absolute Gasteiger partial charge is 0.493 e. The topological polar surface area (TPSA) is 117 Å². The van der Waals surface area contributed by atoms with Crippen LogP contribution in [0.4, 0.5) is 5.69 Å². The first-order chi connectivity index (χ1) is 18.2. The lowest BCUT2D eigenvalue weighted by Crippen LogP contribution is -2.36. The van der Waals surface area contributed by atoms with E-state index in [1.807, 2.05) is 25.1 Å². The van der Waals surface area contributed by atoms with Crippen LogP contribution in [0.5, 0.6) is 11.5 Å². The maximum Gasteiger partial charge on any atom is 0.337 e. The predicted octanol–water partition coefficient (Wildman–Crippen LogP) is 5.32. The molecule has 0 saturated heterocycles. The minimum absolute atomic E-state index is 0.109. The van der Waals surface area contributed by atoms with E-state index < -0.39 is 16.8 Å². The van der Waals surface area contributed by atoms with Crippen LogP contribution in [-0.4, -0.2) is 37.0 Å². The summed E-state index contributed by atoms with van der Waals surface area (Å²) < 4.78 is 16.5. The molecule has 1 aliphatic heterocycles. The van der Waals surface area contributed by atoms with E-state index in [1.165, 1.54) is 12.1 Å². The lowest BCUT2D eigenvalue weighted by atomic mass is 9.71. The average molecular weight is 521 g/mol. The number of methoxy groups -OCH3 is 2. The molecule has 9 heteroatoms.